The maximum absolute atomic E-state index is 7.44. The van der Waals surface area contributed by atoms with Crippen LogP contribution in [0.15, 0.2) is 218 Å². The van der Waals surface area contributed by atoms with Crippen molar-refractivity contribution < 1.29 is 4.74 Å². The van der Waals surface area contributed by atoms with E-state index in [0.29, 0.717) is 0 Å². The van der Waals surface area contributed by atoms with Gasteiger partial charge in [-0.3, -0.25) is 0 Å². The average Bonchev–Trinajstić information content (AvgIpc) is 3.42. The highest BCUT2D eigenvalue weighted by Gasteiger charge is 2.45. The lowest BCUT2D eigenvalue weighted by molar-refractivity contribution is 0.302. The summed E-state index contributed by atoms with van der Waals surface area (Å²) >= 11 is 0. The van der Waals surface area contributed by atoms with Crippen molar-refractivity contribution in [2.45, 2.75) is 90.9 Å². The van der Waals surface area contributed by atoms with Gasteiger partial charge in [-0.1, -0.05) is 251 Å². The van der Waals surface area contributed by atoms with Crippen molar-refractivity contribution in [1.29, 1.82) is 0 Å². The van der Waals surface area contributed by atoms with Crippen LogP contribution in [0.3, 0.4) is 0 Å². The Bertz CT molecular complexity index is 4220. The fourth-order valence-electron chi connectivity index (χ4n) is 13.0. The van der Waals surface area contributed by atoms with Gasteiger partial charge >= 0.3 is 0 Å². The number of ether oxygens (including phenoxy) is 1. The topological polar surface area (TPSA) is 12.5 Å². The van der Waals surface area contributed by atoms with Gasteiger partial charge in [0.15, 0.2) is 0 Å². The molecule has 11 aromatic rings. The molecule has 384 valence electrons. The Kier molecular flexibility index (Phi) is 10.9. The van der Waals surface area contributed by atoms with E-state index in [-0.39, 0.29) is 28.4 Å². The largest absolute Gasteiger partial charge is 0.458 e. The first-order valence-corrected chi connectivity index (χ1v) is 28.3. The second kappa shape index (κ2) is 17.6. The SMILES string of the molecule is CC(C)(C)c1cc2cc(c1)C(C)(C)C(C)(C)c1cc(cc(C(C)(C)C)c1)-c1ccc3c(c1)B1c4cc-2ccc4Oc2cc(-c4ccccc4)cc(c21)N3c1c(-c2ccc3ccccc3c2)cccc1-c1ccc2ccccc2c1. The van der Waals surface area contributed by atoms with Gasteiger partial charge in [0.25, 0.3) is 6.71 Å². The summed E-state index contributed by atoms with van der Waals surface area (Å²) in [6.07, 6.45) is 0. The summed E-state index contributed by atoms with van der Waals surface area (Å²) in [5, 5.41) is 4.86. The molecule has 8 bridgehead atoms. The zero-order valence-electron chi connectivity index (χ0n) is 47.2. The lowest BCUT2D eigenvalue weighted by Gasteiger charge is -2.44. The molecule has 3 heterocycles. The van der Waals surface area contributed by atoms with Crippen molar-refractivity contribution in [3.8, 4) is 67.1 Å². The van der Waals surface area contributed by atoms with Gasteiger partial charge in [-0.05, 0) is 163 Å². The maximum Gasteiger partial charge on any atom is 0.256 e. The Labute approximate surface area is 467 Å². The number of rotatable bonds is 4. The van der Waals surface area contributed by atoms with Crippen LogP contribution >= 0.6 is 0 Å². The minimum Gasteiger partial charge on any atom is -0.458 e. The van der Waals surface area contributed by atoms with Crippen molar-refractivity contribution in [3.05, 3.63) is 241 Å². The van der Waals surface area contributed by atoms with E-state index in [1.54, 1.807) is 0 Å². The second-order valence-corrected chi connectivity index (χ2v) is 25.8. The third-order valence-electron chi connectivity index (χ3n) is 18.5. The van der Waals surface area contributed by atoms with Gasteiger partial charge in [0, 0.05) is 22.5 Å². The van der Waals surface area contributed by atoms with E-state index in [9.17, 15) is 0 Å². The Morgan fingerprint density at radius 1 is 0.354 bits per heavy atom. The number of nitrogens with zero attached hydrogens (tertiary/aromatic N) is 1. The summed E-state index contributed by atoms with van der Waals surface area (Å²) in [6, 6.07) is 83.2. The average molecular weight is 1020 g/mol. The summed E-state index contributed by atoms with van der Waals surface area (Å²) in [4.78, 5) is 2.62. The third-order valence-corrected chi connectivity index (χ3v) is 18.5. The van der Waals surface area contributed by atoms with Crippen LogP contribution in [0, 0.1) is 0 Å². The van der Waals surface area contributed by atoms with Crippen LogP contribution in [0.25, 0.3) is 77.2 Å². The van der Waals surface area contributed by atoms with Gasteiger partial charge in [0.1, 0.15) is 11.5 Å². The van der Waals surface area contributed by atoms with Gasteiger partial charge < -0.3 is 9.64 Å². The molecule has 14 rings (SSSR count). The third kappa shape index (κ3) is 7.91. The molecule has 0 radical (unpaired) electrons. The van der Waals surface area contributed by atoms with Crippen LogP contribution in [0.4, 0.5) is 17.1 Å². The second-order valence-electron chi connectivity index (χ2n) is 25.8. The Hall–Kier alpha value is -8.40. The van der Waals surface area contributed by atoms with Crippen LogP contribution in [0.1, 0.15) is 91.5 Å². The first-order valence-electron chi connectivity index (χ1n) is 28.3. The molecule has 0 spiro atoms. The fourth-order valence-corrected chi connectivity index (χ4v) is 13.0. The fraction of sp³-hybridized carbons (Fsp3) is 0.184. The Morgan fingerprint density at radius 3 is 1.41 bits per heavy atom. The summed E-state index contributed by atoms with van der Waals surface area (Å²) < 4.78 is 7.44. The predicted octanol–water partition coefficient (Wildman–Crippen LogP) is 18.9. The van der Waals surface area contributed by atoms with Crippen molar-refractivity contribution in [2.75, 3.05) is 4.90 Å². The van der Waals surface area contributed by atoms with E-state index in [4.69, 9.17) is 4.74 Å². The molecule has 0 fully saturated rings. The van der Waals surface area contributed by atoms with Gasteiger partial charge in [0.05, 0.1) is 5.69 Å². The van der Waals surface area contributed by atoms with Gasteiger partial charge in [-0.15, -0.1) is 0 Å². The molecule has 0 aliphatic carbocycles. The van der Waals surface area contributed by atoms with Crippen LogP contribution < -0.4 is 26.0 Å². The van der Waals surface area contributed by atoms with Crippen LogP contribution in [-0.4, -0.2) is 6.71 Å². The van der Waals surface area contributed by atoms with E-state index < -0.39 is 0 Å². The smallest absolute Gasteiger partial charge is 0.256 e. The summed E-state index contributed by atoms with van der Waals surface area (Å²) in [5.41, 5.74) is 23.4. The van der Waals surface area contributed by atoms with E-state index >= 15 is 0 Å². The molecule has 11 aromatic carbocycles. The quantitative estimate of drug-likeness (QED) is 0.163. The molecule has 0 atom stereocenters. The van der Waals surface area contributed by atoms with Gasteiger partial charge in [0.2, 0.25) is 0 Å². The van der Waals surface area contributed by atoms with Crippen molar-refractivity contribution in [3.63, 3.8) is 0 Å². The Morgan fingerprint density at radius 2 is 0.848 bits per heavy atom. The standard InChI is InChI=1S/C76H66BNO/c1-73(2,3)59-37-56-39-61(45-59)75(7,8)76(9,10)62-40-57(38-60(46-62)74(4,5)6)53-32-34-69-66(42-53)77-65-41-52(56)31-33-67(65)78(68-43-58(44-70(79-69)71(68)77)47-19-12-11-13-20-47)72-63(54-29-27-48-21-14-16-23-50(48)35-54)25-18-26-64(72)55-30-28-49-22-15-17-24-51(49)36-55/h11-46H,1-10H3. The monoisotopic (exact) mass is 1020 g/mol. The molecule has 3 heteroatoms. The molecular formula is C76H66BNO. The number of anilines is 3. The highest BCUT2D eigenvalue weighted by Crippen LogP contribution is 2.52. The van der Waals surface area contributed by atoms with Crippen molar-refractivity contribution in [2.24, 2.45) is 0 Å². The van der Waals surface area contributed by atoms with Gasteiger partial charge in [-0.25, -0.2) is 0 Å². The molecule has 0 saturated carbocycles. The van der Waals surface area contributed by atoms with Crippen LogP contribution in [-0.2, 0) is 21.7 Å². The van der Waals surface area contributed by atoms with E-state index in [2.05, 4.69) is 293 Å². The molecule has 0 aromatic heterocycles. The maximum atomic E-state index is 7.44. The number of hydrogen-bond acceptors (Lipinski definition) is 2. The number of hydrogen-bond donors (Lipinski definition) is 0. The number of para-hydroxylation sites is 1. The molecule has 3 aliphatic rings. The van der Waals surface area contributed by atoms with E-state index in [1.807, 2.05) is 0 Å². The first-order chi connectivity index (χ1) is 37.9. The Balaban J connectivity index is 1.13. The molecular weight excluding hydrogens is 954 g/mol. The zero-order valence-corrected chi connectivity index (χ0v) is 47.2. The van der Waals surface area contributed by atoms with Crippen molar-refractivity contribution >= 4 is 61.7 Å². The molecule has 0 saturated heterocycles. The molecule has 79 heavy (non-hydrogen) atoms. The van der Waals surface area contributed by atoms with Crippen LogP contribution in [0.2, 0.25) is 0 Å². The molecule has 2 nitrogen and oxygen atoms in total. The van der Waals surface area contributed by atoms with Crippen molar-refractivity contribution in [1.82, 2.24) is 0 Å². The lowest BCUT2D eigenvalue weighted by Crippen LogP contribution is -2.59. The van der Waals surface area contributed by atoms with Gasteiger partial charge in [-0.2, -0.15) is 0 Å². The summed E-state index contributed by atoms with van der Waals surface area (Å²) in [5.74, 6) is 1.78. The number of fused-ring (bicyclic) bond motifs is 10. The minimum absolute atomic E-state index is 0.0788. The lowest BCUT2D eigenvalue weighted by atomic mass is 9.34. The van der Waals surface area contributed by atoms with E-state index in [0.717, 1.165) is 61.9 Å². The zero-order chi connectivity index (χ0) is 54.3. The highest BCUT2D eigenvalue weighted by atomic mass is 16.5. The first kappa shape index (κ1) is 48.9. The number of benzene rings is 11. The molecule has 0 unspecified atom stereocenters. The van der Waals surface area contributed by atoms with E-state index in [1.165, 1.54) is 82.4 Å². The molecule has 0 amide bonds. The molecule has 0 N–H and O–H groups in total. The minimum atomic E-state index is -0.272. The summed E-state index contributed by atoms with van der Waals surface area (Å²) in [7, 11) is 0. The van der Waals surface area contributed by atoms with Crippen LogP contribution in [0.5, 0.6) is 11.5 Å². The predicted molar refractivity (Wildman–Crippen MR) is 338 cm³/mol. The normalized spacial score (nSPS) is 14.7. The highest BCUT2D eigenvalue weighted by molar-refractivity contribution is 6.99. The summed E-state index contributed by atoms with van der Waals surface area (Å²) in [6.45, 7) is 23.8. The molecule has 3 aliphatic heterocycles.